The third-order valence-electron chi connectivity index (χ3n) is 4.74. The van der Waals surface area contributed by atoms with E-state index < -0.39 is 27.9 Å². The second-order valence-corrected chi connectivity index (χ2v) is 8.90. The van der Waals surface area contributed by atoms with E-state index in [1.807, 2.05) is 19.9 Å². The predicted molar refractivity (Wildman–Crippen MR) is 118 cm³/mol. The molecule has 1 atom stereocenters. The van der Waals surface area contributed by atoms with Crippen molar-refractivity contribution in [2.24, 2.45) is 0 Å². The van der Waals surface area contributed by atoms with Crippen LogP contribution in [0.4, 0.5) is 11.4 Å². The molecule has 0 aliphatic rings. The molecule has 0 saturated carbocycles. The number of nitrogens with zero attached hydrogens (tertiary/aromatic N) is 1. The molecule has 2 aromatic rings. The number of amides is 1. The molecule has 0 aliphatic carbocycles. The van der Waals surface area contributed by atoms with Crippen LogP contribution < -0.4 is 9.62 Å². The minimum absolute atomic E-state index is 0.273. The van der Waals surface area contributed by atoms with Crippen LogP contribution in [0.1, 0.15) is 41.8 Å². The summed E-state index contributed by atoms with van der Waals surface area (Å²) in [6, 6.07) is 10.6. The summed E-state index contributed by atoms with van der Waals surface area (Å²) in [5.74, 6) is -0.898. The number of ether oxygens (including phenoxy) is 1. The highest BCUT2D eigenvalue weighted by molar-refractivity contribution is 7.92. The zero-order valence-corrected chi connectivity index (χ0v) is 18.7. The summed E-state index contributed by atoms with van der Waals surface area (Å²) in [5, 5.41) is 2.74. The van der Waals surface area contributed by atoms with Gasteiger partial charge < -0.3 is 10.1 Å². The van der Waals surface area contributed by atoms with Gasteiger partial charge >= 0.3 is 5.97 Å². The van der Waals surface area contributed by atoms with E-state index in [4.69, 9.17) is 4.74 Å². The minimum atomic E-state index is -3.71. The van der Waals surface area contributed by atoms with E-state index in [0.29, 0.717) is 16.9 Å². The second-order valence-electron chi connectivity index (χ2n) is 7.04. The number of carbonyl (C=O) groups excluding carboxylic acids is 2. The van der Waals surface area contributed by atoms with Gasteiger partial charge in [0.05, 0.1) is 24.1 Å². The van der Waals surface area contributed by atoms with E-state index in [9.17, 15) is 18.0 Å². The molecule has 0 saturated heterocycles. The molecule has 0 unspecified atom stereocenters. The van der Waals surface area contributed by atoms with E-state index in [2.05, 4.69) is 5.32 Å². The highest BCUT2D eigenvalue weighted by Gasteiger charge is 2.31. The van der Waals surface area contributed by atoms with Crippen LogP contribution in [-0.4, -0.2) is 39.2 Å². The topological polar surface area (TPSA) is 92.8 Å². The predicted octanol–water partition coefficient (Wildman–Crippen LogP) is 3.66. The van der Waals surface area contributed by atoms with Crippen molar-refractivity contribution in [2.45, 2.75) is 40.2 Å². The Morgan fingerprint density at radius 3 is 2.17 bits per heavy atom. The van der Waals surface area contributed by atoms with Gasteiger partial charge in [-0.3, -0.25) is 9.10 Å². The van der Waals surface area contributed by atoms with Crippen LogP contribution in [0, 0.1) is 13.8 Å². The van der Waals surface area contributed by atoms with Gasteiger partial charge in [0.1, 0.15) is 6.04 Å². The fourth-order valence-electron chi connectivity index (χ4n) is 3.05. The number of anilines is 2. The van der Waals surface area contributed by atoms with Crippen LogP contribution in [-0.2, 0) is 19.6 Å². The molecule has 0 spiro atoms. The van der Waals surface area contributed by atoms with Crippen molar-refractivity contribution in [3.63, 3.8) is 0 Å². The molecule has 0 aromatic heterocycles. The molecule has 1 amide bonds. The van der Waals surface area contributed by atoms with E-state index in [-0.39, 0.29) is 13.0 Å². The summed E-state index contributed by atoms with van der Waals surface area (Å²) < 4.78 is 31.2. The first-order chi connectivity index (χ1) is 14.1. The number of nitrogens with one attached hydrogen (secondary N) is 1. The maximum atomic E-state index is 13.0. The number of benzene rings is 2. The average molecular weight is 433 g/mol. The van der Waals surface area contributed by atoms with Crippen LogP contribution in [0.15, 0.2) is 42.5 Å². The van der Waals surface area contributed by atoms with Crippen molar-refractivity contribution < 1.29 is 22.7 Å². The van der Waals surface area contributed by atoms with E-state index in [1.54, 1.807) is 50.2 Å². The van der Waals surface area contributed by atoms with Crippen LogP contribution in [0.3, 0.4) is 0 Å². The van der Waals surface area contributed by atoms with Crippen LogP contribution in [0.5, 0.6) is 0 Å². The Labute approximate surface area is 178 Å². The molecule has 0 heterocycles. The highest BCUT2D eigenvalue weighted by atomic mass is 32.2. The number of hydrogen-bond donors (Lipinski definition) is 1. The molecule has 7 nitrogen and oxygen atoms in total. The first-order valence-electron chi connectivity index (χ1n) is 9.73. The van der Waals surface area contributed by atoms with Gasteiger partial charge in [0.25, 0.3) is 0 Å². The third kappa shape index (κ3) is 5.60. The standard InChI is InChI=1S/C22H28N2O5S/c1-6-20(24(30(5,27)28)19-13-8-15(3)16(4)14-19)21(25)23-18-11-9-17(10-12-18)22(26)29-7-2/h8-14,20H,6-7H2,1-5H3,(H,23,25)/t20-/m1/s1. The molecular formula is C22H28N2O5S. The van der Waals surface area contributed by atoms with Gasteiger partial charge in [-0.15, -0.1) is 0 Å². The van der Waals surface area contributed by atoms with Crippen molar-refractivity contribution in [3.05, 3.63) is 59.2 Å². The lowest BCUT2D eigenvalue weighted by Crippen LogP contribution is -2.47. The van der Waals surface area contributed by atoms with Crippen molar-refractivity contribution in [1.82, 2.24) is 0 Å². The molecule has 8 heteroatoms. The lowest BCUT2D eigenvalue weighted by Gasteiger charge is -2.30. The zero-order chi connectivity index (χ0) is 22.5. The van der Waals surface area contributed by atoms with E-state index >= 15 is 0 Å². The molecule has 0 aliphatic heterocycles. The Balaban J connectivity index is 2.29. The van der Waals surface area contributed by atoms with Crippen LogP contribution >= 0.6 is 0 Å². The first kappa shape index (κ1) is 23.4. The van der Waals surface area contributed by atoms with E-state index in [0.717, 1.165) is 21.7 Å². The van der Waals surface area contributed by atoms with Crippen LogP contribution in [0.25, 0.3) is 0 Å². The summed E-state index contributed by atoms with van der Waals surface area (Å²) in [6.45, 7) is 7.59. The number of hydrogen-bond acceptors (Lipinski definition) is 5. The molecule has 30 heavy (non-hydrogen) atoms. The van der Waals surface area contributed by atoms with Crippen molar-refractivity contribution in [1.29, 1.82) is 0 Å². The Bertz CT molecular complexity index is 1020. The number of aryl methyl sites for hydroxylation is 2. The summed E-state index contributed by atoms with van der Waals surface area (Å²) in [5.41, 5.74) is 3.24. The summed E-state index contributed by atoms with van der Waals surface area (Å²) >= 11 is 0. The molecule has 2 rings (SSSR count). The normalized spacial score (nSPS) is 12.2. The molecule has 2 aromatic carbocycles. The van der Waals surface area contributed by atoms with Crippen molar-refractivity contribution in [2.75, 3.05) is 22.5 Å². The van der Waals surface area contributed by atoms with E-state index in [1.165, 1.54) is 0 Å². The Hall–Kier alpha value is -2.87. The van der Waals surface area contributed by atoms with Crippen molar-refractivity contribution >= 4 is 33.3 Å². The molecule has 1 N–H and O–H groups in total. The summed E-state index contributed by atoms with van der Waals surface area (Å²) in [7, 11) is -3.71. The van der Waals surface area contributed by atoms with Gasteiger partial charge in [0.2, 0.25) is 15.9 Å². The largest absolute Gasteiger partial charge is 0.462 e. The summed E-state index contributed by atoms with van der Waals surface area (Å²) in [6.07, 6.45) is 1.37. The second kappa shape index (κ2) is 9.75. The number of esters is 1. The lowest BCUT2D eigenvalue weighted by atomic mass is 10.1. The minimum Gasteiger partial charge on any atom is -0.462 e. The SMILES string of the molecule is CCOC(=O)c1ccc(NC(=O)[C@@H](CC)N(c2ccc(C)c(C)c2)S(C)(=O)=O)cc1. The summed E-state index contributed by atoms with van der Waals surface area (Å²) in [4.78, 5) is 24.7. The average Bonchev–Trinajstić information content (AvgIpc) is 2.68. The first-order valence-corrected chi connectivity index (χ1v) is 11.6. The fourth-order valence-corrected chi connectivity index (χ4v) is 4.26. The van der Waals surface area contributed by atoms with Gasteiger partial charge in [-0.1, -0.05) is 13.0 Å². The lowest BCUT2D eigenvalue weighted by molar-refractivity contribution is -0.117. The van der Waals surface area contributed by atoms with Crippen LogP contribution in [0.2, 0.25) is 0 Å². The molecule has 162 valence electrons. The Morgan fingerprint density at radius 2 is 1.67 bits per heavy atom. The molecule has 0 bridgehead atoms. The highest BCUT2D eigenvalue weighted by Crippen LogP contribution is 2.25. The Morgan fingerprint density at radius 1 is 1.03 bits per heavy atom. The fraction of sp³-hybridized carbons (Fsp3) is 0.364. The number of rotatable bonds is 8. The smallest absolute Gasteiger partial charge is 0.338 e. The van der Waals surface area contributed by atoms with Gasteiger partial charge in [-0.2, -0.15) is 0 Å². The molecular weight excluding hydrogens is 404 g/mol. The maximum absolute atomic E-state index is 13.0. The van der Waals surface area contributed by atoms with Gasteiger partial charge in [0, 0.05) is 5.69 Å². The molecule has 0 radical (unpaired) electrons. The maximum Gasteiger partial charge on any atom is 0.338 e. The molecule has 0 fully saturated rings. The third-order valence-corrected chi connectivity index (χ3v) is 5.92. The monoisotopic (exact) mass is 432 g/mol. The van der Waals surface area contributed by atoms with Gasteiger partial charge in [-0.25, -0.2) is 13.2 Å². The van der Waals surface area contributed by atoms with Crippen molar-refractivity contribution in [3.8, 4) is 0 Å². The Kier molecular flexibility index (Phi) is 7.61. The van der Waals surface area contributed by atoms with Gasteiger partial charge in [0.15, 0.2) is 0 Å². The number of sulfonamides is 1. The number of carbonyl (C=O) groups is 2. The quantitative estimate of drug-likeness (QED) is 0.643. The zero-order valence-electron chi connectivity index (χ0n) is 17.9. The van der Waals surface area contributed by atoms with Gasteiger partial charge in [-0.05, 0) is 74.7 Å².